The highest BCUT2D eigenvalue weighted by Gasteiger charge is 2.04. The molecule has 0 rings (SSSR count). The van der Waals surface area contributed by atoms with Gasteiger partial charge in [0.2, 0.25) is 0 Å². The second-order valence-electron chi connectivity index (χ2n) is 3.53. The summed E-state index contributed by atoms with van der Waals surface area (Å²) in [5, 5.41) is 3.50. The summed E-state index contributed by atoms with van der Waals surface area (Å²) >= 11 is 1.99. The summed E-state index contributed by atoms with van der Waals surface area (Å²) in [5.41, 5.74) is 0. The summed E-state index contributed by atoms with van der Waals surface area (Å²) in [5.74, 6) is 3.02. The molecule has 2 nitrogen and oxygen atoms in total. The van der Waals surface area contributed by atoms with Gasteiger partial charge in [-0.2, -0.15) is 11.8 Å². The van der Waals surface area contributed by atoms with Crippen molar-refractivity contribution in [2.24, 2.45) is 5.92 Å². The van der Waals surface area contributed by atoms with Gasteiger partial charge >= 0.3 is 0 Å². The lowest BCUT2D eigenvalue weighted by Gasteiger charge is -2.16. The Balaban J connectivity index is 3.29. The summed E-state index contributed by atoms with van der Waals surface area (Å²) in [6.45, 7) is 8.54. The van der Waals surface area contributed by atoms with Crippen molar-refractivity contribution in [3.63, 3.8) is 0 Å². The van der Waals surface area contributed by atoms with E-state index >= 15 is 0 Å². The van der Waals surface area contributed by atoms with Crippen LogP contribution in [0.5, 0.6) is 0 Å². The molecule has 0 aromatic heterocycles. The Labute approximate surface area is 86.8 Å². The molecule has 0 fully saturated rings. The topological polar surface area (TPSA) is 21.3 Å². The van der Waals surface area contributed by atoms with E-state index in [1.807, 2.05) is 11.8 Å². The third kappa shape index (κ3) is 8.60. The maximum atomic E-state index is 5.07. The molecule has 0 saturated carbocycles. The Morgan fingerprint density at radius 1 is 1.38 bits per heavy atom. The first-order chi connectivity index (χ1) is 6.20. The number of hydrogen-bond donors (Lipinski definition) is 1. The number of ether oxygens (including phenoxy) is 1. The summed E-state index contributed by atoms with van der Waals surface area (Å²) < 4.78 is 5.07. The molecule has 3 heteroatoms. The fraction of sp³-hybridized carbons (Fsp3) is 1.00. The molecular formula is C10H23NOS. The van der Waals surface area contributed by atoms with Crippen LogP contribution < -0.4 is 5.32 Å². The van der Waals surface area contributed by atoms with Crippen LogP contribution in [0.15, 0.2) is 0 Å². The minimum atomic E-state index is 0.610. The lowest BCUT2D eigenvalue weighted by Crippen LogP contribution is -2.33. The van der Waals surface area contributed by atoms with Gasteiger partial charge < -0.3 is 10.1 Å². The molecule has 0 spiro atoms. The van der Waals surface area contributed by atoms with Crippen LogP contribution in [0.1, 0.15) is 20.8 Å². The SMILES string of the molecule is CCSCC(C)NCC(C)COC. The van der Waals surface area contributed by atoms with Crippen molar-refractivity contribution in [2.75, 3.05) is 31.8 Å². The zero-order chi connectivity index (χ0) is 10.1. The predicted molar refractivity (Wildman–Crippen MR) is 61.5 cm³/mol. The Hall–Kier alpha value is 0.270. The van der Waals surface area contributed by atoms with Crippen LogP contribution in [0.25, 0.3) is 0 Å². The number of hydrogen-bond acceptors (Lipinski definition) is 3. The molecule has 0 saturated heterocycles. The van der Waals surface area contributed by atoms with E-state index in [2.05, 4.69) is 26.1 Å². The van der Waals surface area contributed by atoms with Gasteiger partial charge in [0.1, 0.15) is 0 Å². The van der Waals surface area contributed by atoms with Gasteiger partial charge in [-0.1, -0.05) is 13.8 Å². The van der Waals surface area contributed by atoms with Crippen molar-refractivity contribution in [1.82, 2.24) is 5.32 Å². The normalized spacial score (nSPS) is 15.7. The van der Waals surface area contributed by atoms with Crippen LogP contribution in [-0.4, -0.2) is 37.8 Å². The highest BCUT2D eigenvalue weighted by molar-refractivity contribution is 7.99. The van der Waals surface area contributed by atoms with E-state index in [4.69, 9.17) is 4.74 Å². The van der Waals surface area contributed by atoms with Crippen molar-refractivity contribution >= 4 is 11.8 Å². The number of nitrogens with one attached hydrogen (secondary N) is 1. The van der Waals surface area contributed by atoms with Crippen molar-refractivity contribution in [1.29, 1.82) is 0 Å². The van der Waals surface area contributed by atoms with E-state index in [0.29, 0.717) is 12.0 Å². The molecule has 80 valence electrons. The smallest absolute Gasteiger partial charge is 0.0499 e. The van der Waals surface area contributed by atoms with Crippen LogP contribution in [0.4, 0.5) is 0 Å². The second-order valence-corrected chi connectivity index (χ2v) is 4.85. The highest BCUT2D eigenvalue weighted by atomic mass is 32.2. The minimum absolute atomic E-state index is 0.610. The molecular weight excluding hydrogens is 182 g/mol. The largest absolute Gasteiger partial charge is 0.384 e. The van der Waals surface area contributed by atoms with E-state index in [-0.39, 0.29) is 0 Å². The molecule has 0 aromatic carbocycles. The van der Waals surface area contributed by atoms with Crippen LogP contribution in [-0.2, 0) is 4.74 Å². The van der Waals surface area contributed by atoms with Crippen molar-refractivity contribution in [2.45, 2.75) is 26.8 Å². The zero-order valence-electron chi connectivity index (χ0n) is 9.30. The van der Waals surface area contributed by atoms with Gasteiger partial charge in [-0.05, 0) is 18.6 Å². The Kier molecular flexibility index (Phi) is 9.03. The quantitative estimate of drug-likeness (QED) is 0.655. The van der Waals surface area contributed by atoms with Gasteiger partial charge in [-0.3, -0.25) is 0 Å². The van der Waals surface area contributed by atoms with E-state index < -0.39 is 0 Å². The van der Waals surface area contributed by atoms with Gasteiger partial charge in [0.15, 0.2) is 0 Å². The molecule has 0 radical (unpaired) electrons. The number of thioether (sulfide) groups is 1. The van der Waals surface area contributed by atoms with Gasteiger partial charge in [0.25, 0.3) is 0 Å². The van der Waals surface area contributed by atoms with Crippen LogP contribution >= 0.6 is 11.8 Å². The van der Waals surface area contributed by atoms with Gasteiger partial charge in [-0.25, -0.2) is 0 Å². The summed E-state index contributed by atoms with van der Waals surface area (Å²) in [6, 6.07) is 0.615. The fourth-order valence-electron chi connectivity index (χ4n) is 1.10. The number of methoxy groups -OCH3 is 1. The monoisotopic (exact) mass is 205 g/mol. The molecule has 0 amide bonds. The third-order valence-corrected chi connectivity index (χ3v) is 2.98. The Bertz CT molecular complexity index is 111. The van der Waals surface area contributed by atoms with Gasteiger partial charge in [-0.15, -0.1) is 0 Å². The summed E-state index contributed by atoms with van der Waals surface area (Å²) in [6.07, 6.45) is 0. The first-order valence-corrected chi connectivity index (χ1v) is 6.16. The van der Waals surface area contributed by atoms with Crippen molar-refractivity contribution in [3.8, 4) is 0 Å². The van der Waals surface area contributed by atoms with Crippen LogP contribution in [0.2, 0.25) is 0 Å². The van der Waals surface area contributed by atoms with E-state index in [1.54, 1.807) is 7.11 Å². The van der Waals surface area contributed by atoms with Gasteiger partial charge in [0, 0.05) is 32.1 Å². The summed E-state index contributed by atoms with van der Waals surface area (Å²) in [7, 11) is 1.76. The van der Waals surface area contributed by atoms with E-state index in [9.17, 15) is 0 Å². The first kappa shape index (κ1) is 13.3. The molecule has 0 aliphatic heterocycles. The molecule has 13 heavy (non-hydrogen) atoms. The van der Waals surface area contributed by atoms with Crippen molar-refractivity contribution in [3.05, 3.63) is 0 Å². The predicted octanol–water partition coefficient (Wildman–Crippen LogP) is 2.00. The van der Waals surface area contributed by atoms with Crippen LogP contribution in [0, 0.1) is 5.92 Å². The molecule has 0 heterocycles. The van der Waals surface area contributed by atoms with E-state index in [0.717, 1.165) is 13.2 Å². The maximum absolute atomic E-state index is 5.07. The molecule has 0 aliphatic rings. The average Bonchev–Trinajstić information content (AvgIpc) is 2.12. The Morgan fingerprint density at radius 3 is 2.62 bits per heavy atom. The maximum Gasteiger partial charge on any atom is 0.0499 e. The molecule has 2 atom stereocenters. The Morgan fingerprint density at radius 2 is 2.08 bits per heavy atom. The third-order valence-electron chi connectivity index (χ3n) is 1.84. The minimum Gasteiger partial charge on any atom is -0.384 e. The average molecular weight is 205 g/mol. The van der Waals surface area contributed by atoms with Crippen LogP contribution in [0.3, 0.4) is 0 Å². The second kappa shape index (κ2) is 8.85. The summed E-state index contributed by atoms with van der Waals surface area (Å²) in [4.78, 5) is 0. The molecule has 0 aromatic rings. The van der Waals surface area contributed by atoms with Crippen molar-refractivity contribution < 1.29 is 4.74 Å². The fourth-order valence-corrected chi connectivity index (χ4v) is 1.81. The lowest BCUT2D eigenvalue weighted by atomic mass is 10.2. The lowest BCUT2D eigenvalue weighted by molar-refractivity contribution is 0.157. The van der Waals surface area contributed by atoms with E-state index in [1.165, 1.54) is 11.5 Å². The molecule has 2 unspecified atom stereocenters. The molecule has 1 N–H and O–H groups in total. The molecule has 0 aliphatic carbocycles. The standard InChI is InChI=1S/C10H23NOS/c1-5-13-8-10(3)11-6-9(2)7-12-4/h9-11H,5-8H2,1-4H3. The zero-order valence-corrected chi connectivity index (χ0v) is 10.1. The first-order valence-electron chi connectivity index (χ1n) is 5.00. The van der Waals surface area contributed by atoms with Gasteiger partial charge in [0.05, 0.1) is 0 Å². The number of rotatable bonds is 8. The molecule has 0 bridgehead atoms. The highest BCUT2D eigenvalue weighted by Crippen LogP contribution is 2.02.